The highest BCUT2D eigenvalue weighted by Gasteiger charge is 2.32. The highest BCUT2D eigenvalue weighted by Crippen LogP contribution is 2.16. The van der Waals surface area contributed by atoms with Gasteiger partial charge in [-0.2, -0.15) is 0 Å². The molecular weight excluding hydrogens is 286 g/mol. The number of ether oxygens (including phenoxy) is 2. The van der Waals surface area contributed by atoms with Gasteiger partial charge >= 0.3 is 11.9 Å². The number of esters is 2. The van der Waals surface area contributed by atoms with Crippen LogP contribution < -0.4 is 0 Å². The smallest absolute Gasteiger partial charge is 0.338 e. The van der Waals surface area contributed by atoms with Crippen molar-refractivity contribution in [1.82, 2.24) is 0 Å². The zero-order valence-electron chi connectivity index (χ0n) is 11.9. The van der Waals surface area contributed by atoms with Gasteiger partial charge in [-0.15, -0.1) is 0 Å². The summed E-state index contributed by atoms with van der Waals surface area (Å²) in [5.41, 5.74) is 0.663. The Labute approximate surface area is 127 Å². The Hall–Kier alpha value is -2.76. The first-order valence-corrected chi connectivity index (χ1v) is 6.73. The second-order valence-electron chi connectivity index (χ2n) is 4.63. The van der Waals surface area contributed by atoms with Gasteiger partial charge in [0.2, 0.25) is 5.90 Å². The van der Waals surface area contributed by atoms with Crippen molar-refractivity contribution in [2.75, 3.05) is 6.61 Å². The molecule has 114 valence electrons. The molecule has 0 radical (unpaired) electrons. The minimum absolute atomic E-state index is 0.0495. The lowest BCUT2D eigenvalue weighted by molar-refractivity contribution is -0.146. The van der Waals surface area contributed by atoms with Crippen molar-refractivity contribution in [3.05, 3.63) is 48.6 Å². The average Bonchev–Trinajstić information content (AvgIpc) is 2.87. The van der Waals surface area contributed by atoms with Crippen LogP contribution in [0.4, 0.5) is 0 Å². The summed E-state index contributed by atoms with van der Waals surface area (Å²) >= 11 is 0. The van der Waals surface area contributed by atoms with Crippen molar-refractivity contribution in [2.24, 2.45) is 4.99 Å². The molecule has 6 nitrogen and oxygen atoms in total. The third-order valence-corrected chi connectivity index (χ3v) is 2.89. The van der Waals surface area contributed by atoms with Crippen LogP contribution in [0.25, 0.3) is 0 Å². The maximum Gasteiger partial charge on any atom is 0.338 e. The van der Waals surface area contributed by atoms with Gasteiger partial charge in [-0.05, 0) is 12.1 Å². The largest absolute Gasteiger partial charge is 0.461 e. The van der Waals surface area contributed by atoms with Gasteiger partial charge in [-0.3, -0.25) is 9.59 Å². The molecule has 0 saturated heterocycles. The molecule has 0 aromatic heterocycles. The second-order valence-corrected chi connectivity index (χ2v) is 4.63. The summed E-state index contributed by atoms with van der Waals surface area (Å²) < 4.78 is 9.77. The number of ketones is 1. The van der Waals surface area contributed by atoms with Crippen molar-refractivity contribution in [2.45, 2.75) is 18.9 Å². The highest BCUT2D eigenvalue weighted by molar-refractivity contribution is 6.08. The van der Waals surface area contributed by atoms with Crippen LogP contribution in [0.1, 0.15) is 18.4 Å². The summed E-state index contributed by atoms with van der Waals surface area (Å²) in [6.45, 7) is 3.45. The van der Waals surface area contributed by atoms with Crippen LogP contribution in [0, 0.1) is 0 Å². The van der Waals surface area contributed by atoms with Gasteiger partial charge in [-0.25, -0.2) is 9.79 Å². The molecule has 0 amide bonds. The molecule has 1 heterocycles. The highest BCUT2D eigenvalue weighted by atomic mass is 16.6. The van der Waals surface area contributed by atoms with Gasteiger partial charge in [0.1, 0.15) is 18.8 Å². The first kappa shape index (κ1) is 15.6. The predicted molar refractivity (Wildman–Crippen MR) is 78.3 cm³/mol. The van der Waals surface area contributed by atoms with Gasteiger partial charge in [0.25, 0.3) is 0 Å². The van der Waals surface area contributed by atoms with Gasteiger partial charge in [0, 0.05) is 12.0 Å². The lowest BCUT2D eigenvalue weighted by Crippen LogP contribution is -2.21. The molecule has 0 saturated carbocycles. The number of nitrogens with zero attached hydrogens (tertiary/aromatic N) is 1. The number of hydrogen-bond acceptors (Lipinski definition) is 6. The number of carbonyl (C=O) groups is 3. The van der Waals surface area contributed by atoms with Crippen LogP contribution in [0.3, 0.4) is 0 Å². The summed E-state index contributed by atoms with van der Waals surface area (Å²) in [5, 5.41) is 0. The molecule has 1 aromatic carbocycles. The van der Waals surface area contributed by atoms with Crippen LogP contribution in [0.5, 0.6) is 0 Å². The molecule has 1 aliphatic rings. The number of carbonyl (C=O) groups excluding carboxylic acids is 3. The number of aliphatic imine (C=N–C) groups is 1. The quantitative estimate of drug-likeness (QED) is 0.432. The second kappa shape index (κ2) is 7.31. The average molecular weight is 301 g/mol. The van der Waals surface area contributed by atoms with Crippen molar-refractivity contribution in [3.8, 4) is 0 Å². The molecule has 1 aromatic rings. The Morgan fingerprint density at radius 2 is 2.05 bits per heavy atom. The molecule has 6 heteroatoms. The third-order valence-electron chi connectivity index (χ3n) is 2.89. The number of rotatable bonds is 7. The van der Waals surface area contributed by atoms with E-state index >= 15 is 0 Å². The molecule has 1 atom stereocenters. The van der Waals surface area contributed by atoms with Crippen molar-refractivity contribution in [3.63, 3.8) is 0 Å². The first-order chi connectivity index (χ1) is 10.6. The number of hydrogen-bond donors (Lipinski definition) is 0. The van der Waals surface area contributed by atoms with Gasteiger partial charge in [-0.1, -0.05) is 30.9 Å². The molecule has 0 spiro atoms. The van der Waals surface area contributed by atoms with Crippen molar-refractivity contribution >= 4 is 23.6 Å². The van der Waals surface area contributed by atoms with E-state index in [0.29, 0.717) is 5.56 Å². The predicted octanol–water partition coefficient (Wildman–Crippen LogP) is 1.44. The Morgan fingerprint density at radius 1 is 1.32 bits per heavy atom. The van der Waals surface area contributed by atoms with Gasteiger partial charge in [0.15, 0.2) is 6.04 Å². The maximum atomic E-state index is 11.8. The van der Waals surface area contributed by atoms with Crippen molar-refractivity contribution in [1.29, 1.82) is 0 Å². The fourth-order valence-corrected chi connectivity index (χ4v) is 1.88. The summed E-state index contributed by atoms with van der Waals surface area (Å²) in [4.78, 5) is 38.9. The van der Waals surface area contributed by atoms with E-state index in [0.717, 1.165) is 0 Å². The lowest BCUT2D eigenvalue weighted by Gasteiger charge is -2.03. The Morgan fingerprint density at radius 3 is 2.73 bits per heavy atom. The monoisotopic (exact) mass is 301 g/mol. The lowest BCUT2D eigenvalue weighted by atomic mass is 10.1. The van der Waals surface area contributed by atoms with E-state index < -0.39 is 30.2 Å². The molecule has 0 bridgehead atoms. The zero-order chi connectivity index (χ0) is 15.9. The standard InChI is InChI=1S/C16H15NO5/c1-2-8-21-14(19)10-12(18)9-13-16(20)22-15(17-13)11-6-4-3-5-7-11/h2-7,13H,1,8-10H2. The molecular formula is C16H15NO5. The van der Waals surface area contributed by atoms with Crippen LogP contribution in [-0.4, -0.2) is 36.3 Å². The summed E-state index contributed by atoms with van der Waals surface area (Å²) in [6.07, 6.45) is 0.833. The van der Waals surface area contributed by atoms with E-state index in [-0.39, 0.29) is 18.9 Å². The molecule has 0 N–H and O–H groups in total. The van der Waals surface area contributed by atoms with Crippen molar-refractivity contribution < 1.29 is 23.9 Å². The van der Waals surface area contributed by atoms with E-state index in [2.05, 4.69) is 11.6 Å². The topological polar surface area (TPSA) is 82.0 Å². The number of Topliss-reactive ketones (excluding diaryl/α,β-unsaturated/α-hetero) is 1. The SMILES string of the molecule is C=CCOC(=O)CC(=O)CC1N=C(c2ccccc2)OC1=O. The maximum absolute atomic E-state index is 11.8. The molecule has 22 heavy (non-hydrogen) atoms. The van der Waals surface area contributed by atoms with Crippen LogP contribution in [0.2, 0.25) is 0 Å². The van der Waals surface area contributed by atoms with Crippen LogP contribution in [-0.2, 0) is 23.9 Å². The molecule has 0 aliphatic carbocycles. The van der Waals surface area contributed by atoms with E-state index in [1.54, 1.807) is 24.3 Å². The molecule has 1 unspecified atom stereocenters. The number of benzene rings is 1. The van der Waals surface area contributed by atoms with Gasteiger partial charge in [0.05, 0.1) is 0 Å². The van der Waals surface area contributed by atoms with Crippen LogP contribution in [0.15, 0.2) is 48.0 Å². The van der Waals surface area contributed by atoms with E-state index in [4.69, 9.17) is 9.47 Å². The molecule has 2 rings (SSSR count). The molecule has 0 fully saturated rings. The Bertz CT molecular complexity index is 621. The zero-order valence-corrected chi connectivity index (χ0v) is 11.9. The first-order valence-electron chi connectivity index (χ1n) is 6.73. The van der Waals surface area contributed by atoms with Crippen LogP contribution >= 0.6 is 0 Å². The summed E-state index contributed by atoms with van der Waals surface area (Å²) in [7, 11) is 0. The molecule has 1 aliphatic heterocycles. The van der Waals surface area contributed by atoms with Gasteiger partial charge < -0.3 is 9.47 Å². The third kappa shape index (κ3) is 4.12. The Balaban J connectivity index is 1.94. The minimum Gasteiger partial charge on any atom is -0.461 e. The normalized spacial score (nSPS) is 16.6. The minimum atomic E-state index is -0.907. The van der Waals surface area contributed by atoms with E-state index in [1.165, 1.54) is 6.08 Å². The fourth-order valence-electron chi connectivity index (χ4n) is 1.88. The number of cyclic esters (lactones) is 1. The summed E-state index contributed by atoms with van der Waals surface area (Å²) in [6, 6.07) is 8.01. The van der Waals surface area contributed by atoms with E-state index in [1.807, 2.05) is 6.07 Å². The Kier molecular flexibility index (Phi) is 5.19. The summed E-state index contributed by atoms with van der Waals surface area (Å²) in [5.74, 6) is -1.47. The van der Waals surface area contributed by atoms with E-state index in [9.17, 15) is 14.4 Å². The fraction of sp³-hybridized carbons (Fsp3) is 0.250.